The van der Waals surface area contributed by atoms with E-state index < -0.39 is 11.6 Å². The molecule has 0 rings (SSSR count). The summed E-state index contributed by atoms with van der Waals surface area (Å²) in [5.41, 5.74) is -0.546. The van der Waals surface area contributed by atoms with Crippen LogP contribution in [-0.2, 0) is 52.2 Å². The average Bonchev–Trinajstić information content (AvgIpc) is 2.89. The van der Waals surface area contributed by atoms with Crippen molar-refractivity contribution in [2.45, 2.75) is 26.4 Å². The van der Waals surface area contributed by atoms with E-state index in [1.165, 1.54) is 0 Å². The minimum absolute atomic E-state index is 0.0223. The summed E-state index contributed by atoms with van der Waals surface area (Å²) in [6.45, 7) is 13.1. The van der Waals surface area contributed by atoms with E-state index in [9.17, 15) is 9.59 Å². The minimum atomic E-state index is -0.546. The molecular formula is C27H50N2O11. The zero-order valence-corrected chi connectivity index (χ0v) is 24.5. The smallest absolute Gasteiger partial charge is 0.320 e. The van der Waals surface area contributed by atoms with Crippen molar-refractivity contribution in [1.29, 1.82) is 0 Å². The molecule has 0 saturated heterocycles. The van der Waals surface area contributed by atoms with Crippen LogP contribution in [0.25, 0.3) is 0 Å². The Balaban J connectivity index is 3.19. The molecule has 0 spiro atoms. The third-order valence-corrected chi connectivity index (χ3v) is 4.33. The molecule has 0 saturated carbocycles. The van der Waals surface area contributed by atoms with Crippen molar-refractivity contribution in [2.75, 3.05) is 125 Å². The summed E-state index contributed by atoms with van der Waals surface area (Å²) in [6, 6.07) is 0. The van der Waals surface area contributed by atoms with Crippen molar-refractivity contribution < 1.29 is 52.2 Å². The molecule has 0 aromatic rings. The van der Waals surface area contributed by atoms with E-state index in [4.69, 9.17) is 49.1 Å². The van der Waals surface area contributed by atoms with Crippen molar-refractivity contribution in [1.82, 2.24) is 10.6 Å². The first kappa shape index (κ1) is 38.1. The molecule has 40 heavy (non-hydrogen) atoms. The molecular weight excluding hydrogens is 528 g/mol. The summed E-state index contributed by atoms with van der Waals surface area (Å²) < 4.78 is 48.0. The fourth-order valence-electron chi connectivity index (χ4n) is 2.65. The van der Waals surface area contributed by atoms with Gasteiger partial charge in [-0.15, -0.1) is 6.42 Å². The molecule has 0 fully saturated rings. The van der Waals surface area contributed by atoms with E-state index in [-0.39, 0.29) is 19.0 Å². The minimum Gasteiger partial charge on any atom is -0.459 e. The first-order valence-corrected chi connectivity index (χ1v) is 13.6. The number of amides is 1. The van der Waals surface area contributed by atoms with Gasteiger partial charge in [-0.1, -0.05) is 5.92 Å². The van der Waals surface area contributed by atoms with Crippen molar-refractivity contribution >= 4 is 11.9 Å². The number of hydrogen-bond acceptors (Lipinski definition) is 12. The Morgan fingerprint density at radius 2 is 0.975 bits per heavy atom. The maximum Gasteiger partial charge on any atom is 0.320 e. The molecule has 0 aliphatic rings. The van der Waals surface area contributed by atoms with Gasteiger partial charge in [0.05, 0.1) is 112 Å². The topological polar surface area (TPSA) is 141 Å². The fourth-order valence-corrected chi connectivity index (χ4v) is 2.65. The normalized spacial score (nSPS) is 11.3. The number of carbonyl (C=O) groups is 2. The molecule has 0 aliphatic carbocycles. The number of terminal acetylenes is 1. The Labute approximate surface area is 239 Å². The van der Waals surface area contributed by atoms with Crippen LogP contribution in [0.3, 0.4) is 0 Å². The Hall–Kier alpha value is -1.86. The molecule has 13 nitrogen and oxygen atoms in total. The van der Waals surface area contributed by atoms with Crippen LogP contribution in [0.2, 0.25) is 0 Å². The number of esters is 1. The predicted octanol–water partition coefficient (Wildman–Crippen LogP) is -0.200. The Morgan fingerprint density at radius 3 is 1.35 bits per heavy atom. The van der Waals surface area contributed by atoms with E-state index in [1.807, 2.05) is 0 Å². The highest BCUT2D eigenvalue weighted by Crippen LogP contribution is 2.06. The average molecular weight is 579 g/mol. The monoisotopic (exact) mass is 578 g/mol. The van der Waals surface area contributed by atoms with Crippen LogP contribution >= 0.6 is 0 Å². The van der Waals surface area contributed by atoms with Gasteiger partial charge in [0.15, 0.2) is 0 Å². The summed E-state index contributed by atoms with van der Waals surface area (Å²) in [4.78, 5) is 23.2. The van der Waals surface area contributed by atoms with Crippen molar-refractivity contribution in [3.05, 3.63) is 0 Å². The molecule has 2 N–H and O–H groups in total. The highest BCUT2D eigenvalue weighted by Gasteiger charge is 2.15. The van der Waals surface area contributed by atoms with Crippen LogP contribution in [0.1, 0.15) is 20.8 Å². The van der Waals surface area contributed by atoms with E-state index in [1.54, 1.807) is 20.8 Å². The van der Waals surface area contributed by atoms with Gasteiger partial charge in [-0.05, 0) is 20.8 Å². The first-order chi connectivity index (χ1) is 19.3. The highest BCUT2D eigenvalue weighted by molar-refractivity contribution is 5.79. The number of hydrogen-bond donors (Lipinski definition) is 2. The van der Waals surface area contributed by atoms with Crippen LogP contribution in [0.4, 0.5) is 0 Å². The summed E-state index contributed by atoms with van der Waals surface area (Å²) in [5.74, 6) is 1.76. The van der Waals surface area contributed by atoms with Crippen LogP contribution in [0.15, 0.2) is 0 Å². The van der Waals surface area contributed by atoms with Gasteiger partial charge in [0.2, 0.25) is 5.91 Å². The van der Waals surface area contributed by atoms with Crippen molar-refractivity contribution in [3.8, 4) is 12.3 Å². The molecule has 0 unspecified atom stereocenters. The van der Waals surface area contributed by atoms with Gasteiger partial charge < -0.3 is 47.9 Å². The standard InChI is InChI=1S/C27H50N2O11/c1-5-7-32-9-11-34-13-15-36-17-19-38-21-22-39-20-18-37-16-14-35-12-10-33-8-6-29-25(30)23-28-24-26(31)40-27(2,3)4/h1,28H,6-24H2,2-4H3,(H,29,30). The molecule has 0 radical (unpaired) electrons. The summed E-state index contributed by atoms with van der Waals surface area (Å²) >= 11 is 0. The molecule has 0 aromatic heterocycles. The predicted molar refractivity (Wildman–Crippen MR) is 147 cm³/mol. The van der Waals surface area contributed by atoms with Gasteiger partial charge in [0.1, 0.15) is 12.2 Å². The molecule has 0 aromatic carbocycles. The third kappa shape index (κ3) is 32.4. The highest BCUT2D eigenvalue weighted by atomic mass is 16.6. The molecule has 0 heterocycles. The number of nitrogens with one attached hydrogen (secondary N) is 2. The number of rotatable bonds is 29. The molecule has 1 amide bonds. The van der Waals surface area contributed by atoms with E-state index >= 15 is 0 Å². The zero-order chi connectivity index (χ0) is 29.6. The quantitative estimate of drug-likeness (QED) is 0.0690. The van der Waals surface area contributed by atoms with Gasteiger partial charge >= 0.3 is 5.97 Å². The zero-order valence-electron chi connectivity index (χ0n) is 24.5. The van der Waals surface area contributed by atoms with Gasteiger partial charge in [-0.3, -0.25) is 14.9 Å². The summed E-state index contributed by atoms with van der Waals surface area (Å²) in [7, 11) is 0. The number of ether oxygens (including phenoxy) is 9. The fraction of sp³-hybridized carbons (Fsp3) is 0.852. The second-order valence-electron chi connectivity index (χ2n) is 9.08. The van der Waals surface area contributed by atoms with E-state index in [0.717, 1.165) is 0 Å². The Morgan fingerprint density at radius 1 is 0.600 bits per heavy atom. The SMILES string of the molecule is C#CCOCCOCCOCCOCCOCCOCCOCCOCCNC(=O)CNCC(=O)OC(C)(C)C. The maximum atomic E-state index is 11.7. The molecule has 13 heteroatoms. The van der Waals surface area contributed by atoms with Crippen molar-refractivity contribution in [2.24, 2.45) is 0 Å². The van der Waals surface area contributed by atoms with Crippen molar-refractivity contribution in [3.63, 3.8) is 0 Å². The van der Waals surface area contributed by atoms with E-state index in [0.29, 0.717) is 112 Å². The lowest BCUT2D eigenvalue weighted by Gasteiger charge is -2.19. The van der Waals surface area contributed by atoms with Gasteiger partial charge in [0.25, 0.3) is 0 Å². The van der Waals surface area contributed by atoms with Crippen LogP contribution in [-0.4, -0.2) is 143 Å². The van der Waals surface area contributed by atoms with Gasteiger partial charge in [-0.2, -0.15) is 0 Å². The Kier molecular flexibility index (Phi) is 27.3. The number of carbonyl (C=O) groups excluding carboxylic acids is 2. The molecule has 0 atom stereocenters. The first-order valence-electron chi connectivity index (χ1n) is 13.6. The molecule has 234 valence electrons. The summed E-state index contributed by atoms with van der Waals surface area (Å²) in [6.07, 6.45) is 5.07. The lowest BCUT2D eigenvalue weighted by atomic mass is 10.2. The second-order valence-corrected chi connectivity index (χ2v) is 9.08. The lowest BCUT2D eigenvalue weighted by Crippen LogP contribution is -2.39. The van der Waals surface area contributed by atoms with Crippen LogP contribution in [0, 0.1) is 12.3 Å². The van der Waals surface area contributed by atoms with E-state index in [2.05, 4.69) is 16.6 Å². The summed E-state index contributed by atoms with van der Waals surface area (Å²) in [5, 5.41) is 5.44. The van der Waals surface area contributed by atoms with Crippen LogP contribution in [0.5, 0.6) is 0 Å². The Bertz CT molecular complexity index is 639. The van der Waals surface area contributed by atoms with Gasteiger partial charge in [0, 0.05) is 6.54 Å². The maximum absolute atomic E-state index is 11.7. The van der Waals surface area contributed by atoms with Crippen LogP contribution < -0.4 is 10.6 Å². The van der Waals surface area contributed by atoms with Gasteiger partial charge in [-0.25, -0.2) is 0 Å². The lowest BCUT2D eigenvalue weighted by molar-refractivity contribution is -0.153. The largest absolute Gasteiger partial charge is 0.459 e. The third-order valence-electron chi connectivity index (χ3n) is 4.33. The second kappa shape index (κ2) is 28.7. The molecule has 0 bridgehead atoms. The molecule has 0 aliphatic heterocycles.